The smallest absolute Gasteiger partial charge is 0.366 e. The molecule has 0 unspecified atom stereocenters. The van der Waals surface area contributed by atoms with Crippen LogP contribution in [0.5, 0.6) is 0 Å². The molecule has 2 nitrogen and oxygen atoms in total. The Labute approximate surface area is 139 Å². The molecule has 4 rings (SSSR count). The molecule has 0 amide bonds. The Morgan fingerprint density at radius 2 is 1.58 bits per heavy atom. The van der Waals surface area contributed by atoms with Crippen molar-refractivity contribution in [3.63, 3.8) is 0 Å². The van der Waals surface area contributed by atoms with E-state index in [1.54, 1.807) is 12.1 Å². The highest BCUT2D eigenvalue weighted by molar-refractivity contribution is 5.52. The molecule has 2 aromatic rings. The quantitative estimate of drug-likeness (QED) is 0.837. The van der Waals surface area contributed by atoms with Crippen LogP contribution in [0, 0.1) is 5.92 Å². The van der Waals surface area contributed by atoms with Crippen LogP contribution in [0.1, 0.15) is 11.1 Å². The molecule has 2 heterocycles. The highest BCUT2D eigenvalue weighted by Crippen LogP contribution is 2.38. The summed E-state index contributed by atoms with van der Waals surface area (Å²) < 4.78 is 38.0. The maximum atomic E-state index is 12.7. The molecule has 2 fully saturated rings. The van der Waals surface area contributed by atoms with Crippen molar-refractivity contribution in [2.75, 3.05) is 24.5 Å². The van der Waals surface area contributed by atoms with Gasteiger partial charge in [0.15, 0.2) is 0 Å². The summed E-state index contributed by atoms with van der Waals surface area (Å²) in [5, 5.41) is 0. The van der Waals surface area contributed by atoms with Gasteiger partial charge in [-0.05, 0) is 29.8 Å². The van der Waals surface area contributed by atoms with Gasteiger partial charge in [0.25, 0.3) is 0 Å². The zero-order valence-corrected chi connectivity index (χ0v) is 13.2. The van der Waals surface area contributed by atoms with Crippen LogP contribution in [0.3, 0.4) is 0 Å². The van der Waals surface area contributed by atoms with E-state index < -0.39 is 11.7 Å². The zero-order valence-electron chi connectivity index (χ0n) is 13.2. The van der Waals surface area contributed by atoms with Crippen molar-refractivity contribution in [1.82, 2.24) is 4.90 Å². The minimum Gasteiger partial charge on any atom is -0.366 e. The van der Waals surface area contributed by atoms with Crippen LogP contribution in [0.2, 0.25) is 0 Å². The topological polar surface area (TPSA) is 6.48 Å². The fourth-order valence-electron chi connectivity index (χ4n) is 3.83. The third kappa shape index (κ3) is 2.88. The van der Waals surface area contributed by atoms with E-state index in [1.165, 1.54) is 17.7 Å². The molecule has 2 atom stereocenters. The molecule has 24 heavy (non-hydrogen) atoms. The SMILES string of the molecule is FC(F)(F)c1ccc(N2C[C@H]3CN(Cc4ccccc4)C[C@H]32)cc1. The van der Waals surface area contributed by atoms with Crippen molar-refractivity contribution in [3.8, 4) is 0 Å². The van der Waals surface area contributed by atoms with Gasteiger partial charge in [0, 0.05) is 43.8 Å². The van der Waals surface area contributed by atoms with E-state index in [0.717, 1.165) is 31.9 Å². The van der Waals surface area contributed by atoms with Gasteiger partial charge in [0.1, 0.15) is 0 Å². The van der Waals surface area contributed by atoms with Gasteiger partial charge in [-0.1, -0.05) is 30.3 Å². The monoisotopic (exact) mass is 332 g/mol. The standard InChI is InChI=1S/C19H19F3N2/c20-19(21,22)16-6-8-17(9-7-16)24-12-15-11-23(13-18(15)24)10-14-4-2-1-3-5-14/h1-9,15,18H,10-13H2/t15-,18-/m1/s1. The number of alkyl halides is 3. The molecule has 0 aromatic heterocycles. The van der Waals surface area contributed by atoms with Crippen molar-refractivity contribution < 1.29 is 13.2 Å². The van der Waals surface area contributed by atoms with Gasteiger partial charge in [-0.25, -0.2) is 0 Å². The van der Waals surface area contributed by atoms with Crippen molar-refractivity contribution >= 4 is 5.69 Å². The summed E-state index contributed by atoms with van der Waals surface area (Å²) in [6.45, 7) is 3.91. The predicted octanol–water partition coefficient (Wildman–Crippen LogP) is 4.03. The average molecular weight is 332 g/mol. The second kappa shape index (κ2) is 5.81. The average Bonchev–Trinajstić information content (AvgIpc) is 2.85. The molecule has 0 spiro atoms. The van der Waals surface area contributed by atoms with Gasteiger partial charge in [-0.2, -0.15) is 13.2 Å². The van der Waals surface area contributed by atoms with E-state index >= 15 is 0 Å². The molecule has 0 saturated carbocycles. The molecule has 2 aromatic carbocycles. The Bertz CT molecular complexity index is 697. The largest absolute Gasteiger partial charge is 0.416 e. The first-order valence-electron chi connectivity index (χ1n) is 8.21. The first-order chi connectivity index (χ1) is 11.5. The summed E-state index contributed by atoms with van der Waals surface area (Å²) >= 11 is 0. The number of rotatable bonds is 3. The van der Waals surface area contributed by atoms with Crippen LogP contribution in [-0.2, 0) is 12.7 Å². The number of nitrogens with zero attached hydrogens (tertiary/aromatic N) is 2. The molecule has 2 saturated heterocycles. The summed E-state index contributed by atoms with van der Waals surface area (Å²) in [6, 6.07) is 16.4. The minimum atomic E-state index is -4.27. The maximum absolute atomic E-state index is 12.7. The van der Waals surface area contributed by atoms with Crippen LogP contribution in [0.25, 0.3) is 0 Å². The summed E-state index contributed by atoms with van der Waals surface area (Å²) in [4.78, 5) is 4.67. The normalized spacial score (nSPS) is 23.9. The fourth-order valence-corrected chi connectivity index (χ4v) is 3.83. The van der Waals surface area contributed by atoms with Crippen molar-refractivity contribution in [3.05, 3.63) is 65.7 Å². The summed E-state index contributed by atoms with van der Waals surface area (Å²) in [7, 11) is 0. The molecular weight excluding hydrogens is 313 g/mol. The Kier molecular flexibility index (Phi) is 3.76. The lowest BCUT2D eigenvalue weighted by molar-refractivity contribution is -0.137. The van der Waals surface area contributed by atoms with E-state index in [0.29, 0.717) is 12.0 Å². The fraction of sp³-hybridized carbons (Fsp3) is 0.368. The predicted molar refractivity (Wildman–Crippen MR) is 87.8 cm³/mol. The number of fused-ring (bicyclic) bond motifs is 1. The molecule has 2 aliphatic rings. The number of likely N-dealkylation sites (tertiary alicyclic amines) is 1. The second-order valence-corrected chi connectivity index (χ2v) is 6.70. The molecule has 126 valence electrons. The van der Waals surface area contributed by atoms with Crippen LogP contribution >= 0.6 is 0 Å². The summed E-state index contributed by atoms with van der Waals surface area (Å²) in [5.41, 5.74) is 1.62. The van der Waals surface area contributed by atoms with Gasteiger partial charge in [0.2, 0.25) is 0 Å². The van der Waals surface area contributed by atoms with Gasteiger partial charge in [-0.3, -0.25) is 4.90 Å². The molecule has 5 heteroatoms. The van der Waals surface area contributed by atoms with Gasteiger partial charge < -0.3 is 4.90 Å². The minimum absolute atomic E-state index is 0.422. The Morgan fingerprint density at radius 3 is 2.25 bits per heavy atom. The van der Waals surface area contributed by atoms with Crippen LogP contribution in [0.4, 0.5) is 18.9 Å². The Balaban J connectivity index is 1.40. The molecule has 2 aliphatic heterocycles. The summed E-state index contributed by atoms with van der Waals surface area (Å²) in [5.74, 6) is 0.621. The third-order valence-corrected chi connectivity index (χ3v) is 5.09. The molecule has 0 bridgehead atoms. The lowest BCUT2D eigenvalue weighted by atomic mass is 9.91. The van der Waals surface area contributed by atoms with E-state index in [-0.39, 0.29) is 0 Å². The maximum Gasteiger partial charge on any atom is 0.416 e. The molecule has 0 radical (unpaired) electrons. The third-order valence-electron chi connectivity index (χ3n) is 5.09. The van der Waals surface area contributed by atoms with Crippen LogP contribution in [0.15, 0.2) is 54.6 Å². The van der Waals surface area contributed by atoms with Crippen molar-refractivity contribution in [2.24, 2.45) is 5.92 Å². The summed E-state index contributed by atoms with van der Waals surface area (Å²) in [6.07, 6.45) is -4.27. The number of hydrogen-bond donors (Lipinski definition) is 0. The van der Waals surface area contributed by atoms with Gasteiger partial charge in [-0.15, -0.1) is 0 Å². The molecular formula is C19H19F3N2. The Hall–Kier alpha value is -2.01. The molecule has 0 aliphatic carbocycles. The van der Waals surface area contributed by atoms with Gasteiger partial charge in [0.05, 0.1) is 5.56 Å². The second-order valence-electron chi connectivity index (χ2n) is 6.70. The van der Waals surface area contributed by atoms with Gasteiger partial charge >= 0.3 is 6.18 Å². The van der Waals surface area contributed by atoms with Crippen LogP contribution < -0.4 is 4.90 Å². The highest BCUT2D eigenvalue weighted by atomic mass is 19.4. The lowest BCUT2D eigenvalue weighted by Gasteiger charge is -2.45. The number of halogens is 3. The number of benzene rings is 2. The number of hydrogen-bond acceptors (Lipinski definition) is 2. The lowest BCUT2D eigenvalue weighted by Crippen LogP contribution is -2.55. The first-order valence-corrected chi connectivity index (χ1v) is 8.21. The van der Waals surface area contributed by atoms with Crippen LogP contribution in [-0.4, -0.2) is 30.6 Å². The number of anilines is 1. The van der Waals surface area contributed by atoms with E-state index in [4.69, 9.17) is 0 Å². The van der Waals surface area contributed by atoms with Crippen molar-refractivity contribution in [2.45, 2.75) is 18.8 Å². The van der Waals surface area contributed by atoms with E-state index in [9.17, 15) is 13.2 Å². The van der Waals surface area contributed by atoms with E-state index in [2.05, 4.69) is 34.1 Å². The van der Waals surface area contributed by atoms with E-state index in [1.807, 2.05) is 6.07 Å². The zero-order chi connectivity index (χ0) is 16.7. The Morgan fingerprint density at radius 1 is 0.875 bits per heavy atom. The van der Waals surface area contributed by atoms with Crippen molar-refractivity contribution in [1.29, 1.82) is 0 Å². The molecule has 0 N–H and O–H groups in total. The highest BCUT2D eigenvalue weighted by Gasteiger charge is 2.45. The first kappa shape index (κ1) is 15.5.